The topological polar surface area (TPSA) is 37.0 Å². The Morgan fingerprint density at radius 2 is 2.06 bits per heavy atom. The van der Waals surface area contributed by atoms with Crippen molar-refractivity contribution in [1.82, 2.24) is 10.3 Å². The van der Waals surface area contributed by atoms with E-state index in [1.54, 1.807) is 12.4 Å². The van der Waals surface area contributed by atoms with E-state index in [1.807, 2.05) is 24.3 Å². The molecule has 0 unspecified atom stereocenters. The lowest BCUT2D eigenvalue weighted by molar-refractivity contribution is 0.915. The van der Waals surface area contributed by atoms with Gasteiger partial charge in [-0.25, -0.2) is 0 Å². The summed E-state index contributed by atoms with van der Waals surface area (Å²) in [4.78, 5) is 4.02. The van der Waals surface area contributed by atoms with Crippen molar-refractivity contribution in [3.8, 4) is 0 Å². The molecule has 0 spiro atoms. The number of benzene rings is 1. The van der Waals surface area contributed by atoms with Crippen LogP contribution in [-0.4, -0.2) is 10.1 Å². The Hall–Kier alpha value is -1.94. The monoisotopic (exact) mass is 257 g/mol. The highest BCUT2D eigenvalue weighted by Gasteiger charge is 1.99. The number of pyridine rings is 1. The number of aryl methyl sites for hydroxylation is 1. The number of hydrogen-bond donors (Lipinski definition) is 2. The van der Waals surface area contributed by atoms with Crippen LogP contribution in [0, 0.1) is 6.92 Å². The lowest BCUT2D eigenvalue weighted by Crippen LogP contribution is -2.28. The molecule has 0 aliphatic rings. The first-order valence-electron chi connectivity index (χ1n) is 5.75. The van der Waals surface area contributed by atoms with Crippen LogP contribution in [0.1, 0.15) is 11.1 Å². The zero-order valence-electron chi connectivity index (χ0n) is 10.2. The van der Waals surface area contributed by atoms with Gasteiger partial charge in [0.2, 0.25) is 0 Å². The van der Waals surface area contributed by atoms with Crippen LogP contribution >= 0.6 is 12.2 Å². The van der Waals surface area contributed by atoms with Crippen LogP contribution in [0.25, 0.3) is 0 Å². The minimum absolute atomic E-state index is 0.603. The third kappa shape index (κ3) is 3.53. The van der Waals surface area contributed by atoms with Gasteiger partial charge in [-0.05, 0) is 42.4 Å². The number of thiocarbonyl (C=S) groups is 1. The molecule has 0 radical (unpaired) electrons. The number of anilines is 1. The zero-order chi connectivity index (χ0) is 12.8. The third-order valence-electron chi connectivity index (χ3n) is 2.62. The van der Waals surface area contributed by atoms with Crippen LogP contribution in [0.15, 0.2) is 48.8 Å². The third-order valence-corrected chi connectivity index (χ3v) is 2.87. The van der Waals surface area contributed by atoms with Crippen LogP contribution in [-0.2, 0) is 6.54 Å². The Kier molecular flexibility index (Phi) is 4.25. The van der Waals surface area contributed by atoms with Crippen molar-refractivity contribution in [3.05, 3.63) is 59.9 Å². The summed E-state index contributed by atoms with van der Waals surface area (Å²) in [6.07, 6.45) is 3.47. The number of nitrogens with zero attached hydrogens (tertiary/aromatic N) is 1. The molecule has 18 heavy (non-hydrogen) atoms. The first kappa shape index (κ1) is 12.5. The maximum Gasteiger partial charge on any atom is 0.171 e. The van der Waals surface area contributed by atoms with Crippen molar-refractivity contribution >= 4 is 23.0 Å². The smallest absolute Gasteiger partial charge is 0.171 e. The van der Waals surface area contributed by atoms with E-state index in [2.05, 4.69) is 34.7 Å². The average Bonchev–Trinajstić information content (AvgIpc) is 2.39. The Bertz CT molecular complexity index is 526. The van der Waals surface area contributed by atoms with Crippen LogP contribution in [0.3, 0.4) is 0 Å². The molecule has 0 saturated carbocycles. The standard InChI is InChI=1S/C14H15N3S/c1-11-5-2-3-6-12(11)9-16-14(18)17-13-7-4-8-15-10-13/h2-8,10H,9H2,1H3,(H2,16,17,18). The fourth-order valence-corrected chi connectivity index (χ4v) is 1.79. The number of hydrogen-bond acceptors (Lipinski definition) is 2. The molecule has 0 fully saturated rings. The Labute approximate surface area is 112 Å². The molecule has 0 aliphatic carbocycles. The summed E-state index contributed by atoms with van der Waals surface area (Å²) in [5, 5.41) is 6.87. The average molecular weight is 257 g/mol. The molecule has 2 rings (SSSR count). The van der Waals surface area contributed by atoms with Gasteiger partial charge in [0.05, 0.1) is 11.9 Å². The summed E-state index contributed by atoms with van der Waals surface area (Å²) in [5.41, 5.74) is 3.39. The molecule has 1 aromatic heterocycles. The van der Waals surface area contributed by atoms with Gasteiger partial charge in [0.15, 0.2) is 5.11 Å². The molecule has 1 heterocycles. The first-order chi connectivity index (χ1) is 8.75. The molecule has 92 valence electrons. The van der Waals surface area contributed by atoms with Crippen molar-refractivity contribution in [2.75, 3.05) is 5.32 Å². The van der Waals surface area contributed by atoms with Crippen molar-refractivity contribution in [2.45, 2.75) is 13.5 Å². The summed E-state index contributed by atoms with van der Waals surface area (Å²) < 4.78 is 0. The molecule has 0 aliphatic heterocycles. The van der Waals surface area contributed by atoms with E-state index in [0.29, 0.717) is 5.11 Å². The maximum absolute atomic E-state index is 5.23. The van der Waals surface area contributed by atoms with E-state index in [0.717, 1.165) is 12.2 Å². The maximum atomic E-state index is 5.23. The first-order valence-corrected chi connectivity index (χ1v) is 6.16. The van der Waals surface area contributed by atoms with Gasteiger partial charge < -0.3 is 10.6 Å². The molecule has 0 bridgehead atoms. The fraction of sp³-hybridized carbons (Fsp3) is 0.143. The molecule has 0 saturated heterocycles. The summed E-state index contributed by atoms with van der Waals surface area (Å²) in [6.45, 7) is 2.81. The normalized spacial score (nSPS) is 9.83. The van der Waals surface area contributed by atoms with Gasteiger partial charge in [0.25, 0.3) is 0 Å². The summed E-state index contributed by atoms with van der Waals surface area (Å²) in [5.74, 6) is 0. The van der Waals surface area contributed by atoms with E-state index < -0.39 is 0 Å². The minimum Gasteiger partial charge on any atom is -0.358 e. The molecule has 2 N–H and O–H groups in total. The Balaban J connectivity index is 1.88. The summed E-state index contributed by atoms with van der Waals surface area (Å²) in [6, 6.07) is 12.0. The van der Waals surface area contributed by atoms with Crippen LogP contribution < -0.4 is 10.6 Å². The number of rotatable bonds is 3. The quantitative estimate of drug-likeness (QED) is 0.829. The highest BCUT2D eigenvalue weighted by molar-refractivity contribution is 7.80. The minimum atomic E-state index is 0.603. The lowest BCUT2D eigenvalue weighted by Gasteiger charge is -2.11. The van der Waals surface area contributed by atoms with E-state index in [-0.39, 0.29) is 0 Å². The number of nitrogens with one attached hydrogen (secondary N) is 2. The van der Waals surface area contributed by atoms with Gasteiger partial charge in [-0.15, -0.1) is 0 Å². The second-order valence-electron chi connectivity index (χ2n) is 3.98. The molecule has 2 aromatic rings. The van der Waals surface area contributed by atoms with Crippen LogP contribution in [0.4, 0.5) is 5.69 Å². The van der Waals surface area contributed by atoms with Crippen molar-refractivity contribution in [2.24, 2.45) is 0 Å². The van der Waals surface area contributed by atoms with Gasteiger partial charge in [-0.2, -0.15) is 0 Å². The van der Waals surface area contributed by atoms with Crippen molar-refractivity contribution in [1.29, 1.82) is 0 Å². The predicted octanol–water partition coefficient (Wildman–Crippen LogP) is 2.88. The van der Waals surface area contributed by atoms with Crippen molar-refractivity contribution in [3.63, 3.8) is 0 Å². The highest BCUT2D eigenvalue weighted by Crippen LogP contribution is 2.07. The largest absolute Gasteiger partial charge is 0.358 e. The second-order valence-corrected chi connectivity index (χ2v) is 4.38. The van der Waals surface area contributed by atoms with E-state index in [9.17, 15) is 0 Å². The Morgan fingerprint density at radius 3 is 2.78 bits per heavy atom. The lowest BCUT2D eigenvalue weighted by atomic mass is 10.1. The van der Waals surface area contributed by atoms with Crippen LogP contribution in [0.2, 0.25) is 0 Å². The van der Waals surface area contributed by atoms with Crippen molar-refractivity contribution < 1.29 is 0 Å². The molecule has 4 heteroatoms. The van der Waals surface area contributed by atoms with Gasteiger partial charge in [-0.3, -0.25) is 4.98 Å². The summed E-state index contributed by atoms with van der Waals surface area (Å²) in [7, 11) is 0. The van der Waals surface area contributed by atoms with Gasteiger partial charge in [0, 0.05) is 12.7 Å². The zero-order valence-corrected chi connectivity index (χ0v) is 11.0. The predicted molar refractivity (Wildman–Crippen MR) is 78.5 cm³/mol. The molecule has 1 aromatic carbocycles. The molecule has 0 atom stereocenters. The summed E-state index contributed by atoms with van der Waals surface area (Å²) >= 11 is 5.23. The second kappa shape index (κ2) is 6.12. The molecular weight excluding hydrogens is 242 g/mol. The molecular formula is C14H15N3S. The van der Waals surface area contributed by atoms with E-state index >= 15 is 0 Å². The molecule has 0 amide bonds. The fourth-order valence-electron chi connectivity index (χ4n) is 1.60. The van der Waals surface area contributed by atoms with Gasteiger partial charge in [0.1, 0.15) is 0 Å². The molecule has 3 nitrogen and oxygen atoms in total. The van der Waals surface area contributed by atoms with Gasteiger partial charge in [-0.1, -0.05) is 24.3 Å². The number of aromatic nitrogens is 1. The Morgan fingerprint density at radius 1 is 1.22 bits per heavy atom. The van der Waals surface area contributed by atoms with E-state index in [1.165, 1.54) is 11.1 Å². The van der Waals surface area contributed by atoms with E-state index in [4.69, 9.17) is 12.2 Å². The SMILES string of the molecule is Cc1ccccc1CNC(=S)Nc1cccnc1. The van der Waals surface area contributed by atoms with Gasteiger partial charge >= 0.3 is 0 Å². The highest BCUT2D eigenvalue weighted by atomic mass is 32.1. The van der Waals surface area contributed by atoms with Crippen LogP contribution in [0.5, 0.6) is 0 Å².